The van der Waals surface area contributed by atoms with Crippen LogP contribution < -0.4 is 0 Å². The Labute approximate surface area is 175 Å². The largest absolute Gasteiger partial charge is 0.333 e. The van der Waals surface area contributed by atoms with E-state index in [4.69, 9.17) is 11.6 Å². The molecule has 0 saturated carbocycles. The third kappa shape index (κ3) is 4.02. The smallest absolute Gasteiger partial charge is 0.293 e. The van der Waals surface area contributed by atoms with Crippen molar-refractivity contribution in [3.63, 3.8) is 0 Å². The Kier molecular flexibility index (Phi) is 5.60. The number of aryl methyl sites for hydroxylation is 1. The van der Waals surface area contributed by atoms with Crippen LogP contribution in [0.2, 0.25) is 5.02 Å². The molecule has 156 valence electrons. The summed E-state index contributed by atoms with van der Waals surface area (Å²) in [6.07, 6.45) is 1.80. The number of benzene rings is 1. The predicted molar refractivity (Wildman–Crippen MR) is 108 cm³/mol. The van der Waals surface area contributed by atoms with Crippen molar-refractivity contribution in [3.05, 3.63) is 40.9 Å². The summed E-state index contributed by atoms with van der Waals surface area (Å²) >= 11 is 5.93. The van der Waals surface area contributed by atoms with Gasteiger partial charge in [-0.2, -0.15) is 17.0 Å². The number of rotatable bonds is 4. The lowest BCUT2D eigenvalue weighted by atomic mass is 10.3. The van der Waals surface area contributed by atoms with Crippen molar-refractivity contribution < 1.29 is 13.2 Å². The quantitative estimate of drug-likeness (QED) is 0.718. The maximum Gasteiger partial charge on any atom is 0.293 e. The first-order chi connectivity index (χ1) is 13.9. The molecule has 2 aliphatic heterocycles. The van der Waals surface area contributed by atoms with Gasteiger partial charge in [0.15, 0.2) is 0 Å². The molecule has 1 amide bonds. The van der Waals surface area contributed by atoms with Crippen LogP contribution in [-0.4, -0.2) is 81.9 Å². The van der Waals surface area contributed by atoms with Gasteiger partial charge in [-0.1, -0.05) is 11.6 Å². The number of nitrogens with zero attached hydrogens (tertiary/aromatic N) is 6. The van der Waals surface area contributed by atoms with Crippen LogP contribution in [0.5, 0.6) is 0 Å². The summed E-state index contributed by atoms with van der Waals surface area (Å²) in [6, 6.07) is 7.11. The first-order valence-corrected chi connectivity index (χ1v) is 11.4. The van der Waals surface area contributed by atoms with E-state index < -0.39 is 10.2 Å². The van der Waals surface area contributed by atoms with Gasteiger partial charge in [-0.25, -0.2) is 9.67 Å². The van der Waals surface area contributed by atoms with Crippen molar-refractivity contribution in [2.24, 2.45) is 0 Å². The fourth-order valence-corrected chi connectivity index (χ4v) is 5.45. The molecule has 0 bridgehead atoms. The Hall–Kier alpha value is -2.01. The minimum Gasteiger partial charge on any atom is -0.333 e. The lowest BCUT2D eigenvalue weighted by Crippen LogP contribution is -2.53. The van der Waals surface area contributed by atoms with Crippen LogP contribution >= 0.6 is 11.6 Å². The predicted octanol–water partition coefficient (Wildman–Crippen LogP) is 1.33. The number of halogens is 1. The molecule has 1 aromatic heterocycles. The van der Waals surface area contributed by atoms with Gasteiger partial charge < -0.3 is 4.90 Å². The molecule has 0 radical (unpaired) electrons. The van der Waals surface area contributed by atoms with Crippen molar-refractivity contribution >= 4 is 27.7 Å². The number of aromatic nitrogens is 3. The zero-order valence-corrected chi connectivity index (χ0v) is 17.7. The Morgan fingerprint density at radius 2 is 1.55 bits per heavy atom. The average molecular weight is 439 g/mol. The molecule has 2 fully saturated rings. The van der Waals surface area contributed by atoms with Crippen LogP contribution in [0.1, 0.15) is 29.3 Å². The van der Waals surface area contributed by atoms with Gasteiger partial charge in [-0.3, -0.25) is 4.79 Å². The van der Waals surface area contributed by atoms with E-state index in [9.17, 15) is 13.2 Å². The highest BCUT2D eigenvalue weighted by Gasteiger charge is 2.35. The highest BCUT2D eigenvalue weighted by molar-refractivity contribution is 7.86. The molecule has 1 aromatic carbocycles. The van der Waals surface area contributed by atoms with Crippen LogP contribution in [0.4, 0.5) is 0 Å². The second-order valence-electron chi connectivity index (χ2n) is 7.18. The topological polar surface area (TPSA) is 91.6 Å². The molecule has 0 aliphatic carbocycles. The Morgan fingerprint density at radius 1 is 0.966 bits per heavy atom. The third-order valence-electron chi connectivity index (χ3n) is 5.27. The van der Waals surface area contributed by atoms with Crippen molar-refractivity contribution in [2.45, 2.75) is 19.8 Å². The van der Waals surface area contributed by atoms with E-state index in [0.717, 1.165) is 18.5 Å². The van der Waals surface area contributed by atoms with E-state index in [1.165, 1.54) is 8.61 Å². The summed E-state index contributed by atoms with van der Waals surface area (Å²) in [5.74, 6) is 0.401. The van der Waals surface area contributed by atoms with E-state index >= 15 is 0 Å². The average Bonchev–Trinajstić information content (AvgIpc) is 3.39. The molecular formula is C18H23ClN6O3S. The van der Waals surface area contributed by atoms with Crippen molar-refractivity contribution in [1.29, 1.82) is 0 Å². The van der Waals surface area contributed by atoms with Gasteiger partial charge in [0.1, 0.15) is 5.82 Å². The van der Waals surface area contributed by atoms with E-state index in [2.05, 4.69) is 10.1 Å². The number of piperazine rings is 1. The van der Waals surface area contributed by atoms with Gasteiger partial charge in [0.25, 0.3) is 16.1 Å². The molecule has 2 aliphatic rings. The van der Waals surface area contributed by atoms with Crippen molar-refractivity contribution in [1.82, 2.24) is 28.3 Å². The standard InChI is InChI=1S/C18H23ClN6O3S/c1-14-20-17(21-25(14)16-6-4-15(19)5-7-16)18(26)22-10-12-24(13-11-22)29(27,28)23-8-2-3-9-23/h4-7H,2-3,8-13H2,1H3. The molecular weight excluding hydrogens is 416 g/mol. The van der Waals surface area contributed by atoms with Gasteiger partial charge in [0.2, 0.25) is 5.82 Å². The number of carbonyl (C=O) groups is 1. The van der Waals surface area contributed by atoms with Gasteiger partial charge >= 0.3 is 0 Å². The first-order valence-electron chi connectivity index (χ1n) is 9.60. The zero-order valence-electron chi connectivity index (χ0n) is 16.2. The molecule has 9 nitrogen and oxygen atoms in total. The first kappa shape index (κ1) is 20.3. The molecule has 3 heterocycles. The molecule has 11 heteroatoms. The monoisotopic (exact) mass is 438 g/mol. The fraction of sp³-hybridized carbons (Fsp3) is 0.500. The lowest BCUT2D eigenvalue weighted by molar-refractivity contribution is 0.0682. The molecule has 0 N–H and O–H groups in total. The highest BCUT2D eigenvalue weighted by atomic mass is 35.5. The second-order valence-corrected chi connectivity index (χ2v) is 9.54. The molecule has 0 unspecified atom stereocenters. The second kappa shape index (κ2) is 8.02. The van der Waals surface area contributed by atoms with Crippen LogP contribution in [-0.2, 0) is 10.2 Å². The normalized spacial score (nSPS) is 19.0. The van der Waals surface area contributed by atoms with Crippen molar-refractivity contribution in [2.75, 3.05) is 39.3 Å². The summed E-state index contributed by atoms with van der Waals surface area (Å²) in [5, 5.41) is 4.96. The molecule has 4 rings (SSSR count). The van der Waals surface area contributed by atoms with Gasteiger partial charge in [0.05, 0.1) is 5.69 Å². The van der Waals surface area contributed by atoms with Crippen molar-refractivity contribution in [3.8, 4) is 5.69 Å². The molecule has 2 aromatic rings. The van der Waals surface area contributed by atoms with Gasteiger partial charge in [0, 0.05) is 44.3 Å². The summed E-state index contributed by atoms with van der Waals surface area (Å²) in [6.45, 7) is 4.13. The van der Waals surface area contributed by atoms with E-state index in [1.807, 2.05) is 0 Å². The molecule has 29 heavy (non-hydrogen) atoms. The molecule has 0 atom stereocenters. The third-order valence-corrected chi connectivity index (χ3v) is 7.56. The van der Waals surface area contributed by atoms with Crippen LogP contribution in [0.25, 0.3) is 5.69 Å². The van der Waals surface area contributed by atoms with Crippen LogP contribution in [0.15, 0.2) is 24.3 Å². The van der Waals surface area contributed by atoms with Gasteiger partial charge in [-0.15, -0.1) is 5.10 Å². The summed E-state index contributed by atoms with van der Waals surface area (Å²) in [4.78, 5) is 18.8. The Balaban J connectivity index is 1.44. The van der Waals surface area contributed by atoms with E-state index in [-0.39, 0.29) is 24.8 Å². The minimum atomic E-state index is -3.44. The maximum atomic E-state index is 12.9. The van der Waals surface area contributed by atoms with Gasteiger partial charge in [-0.05, 0) is 44.0 Å². The molecule has 0 spiro atoms. The number of hydrogen-bond donors (Lipinski definition) is 0. The van der Waals surface area contributed by atoms with Crippen LogP contribution in [0, 0.1) is 6.92 Å². The minimum absolute atomic E-state index is 0.105. The van der Waals surface area contributed by atoms with Crippen LogP contribution in [0.3, 0.4) is 0 Å². The number of amides is 1. The summed E-state index contributed by atoms with van der Waals surface area (Å²) in [7, 11) is -3.44. The van der Waals surface area contributed by atoms with E-state index in [0.29, 0.717) is 37.0 Å². The SMILES string of the molecule is Cc1nc(C(=O)N2CCN(S(=O)(=O)N3CCCC3)CC2)nn1-c1ccc(Cl)cc1. The summed E-state index contributed by atoms with van der Waals surface area (Å²) in [5.41, 5.74) is 0.764. The van der Waals surface area contributed by atoms with E-state index in [1.54, 1.807) is 40.8 Å². The highest BCUT2D eigenvalue weighted by Crippen LogP contribution is 2.19. The Morgan fingerprint density at radius 3 is 2.17 bits per heavy atom. The number of hydrogen-bond acceptors (Lipinski definition) is 5. The molecule has 2 saturated heterocycles. The summed E-state index contributed by atoms with van der Waals surface area (Å²) < 4.78 is 29.9. The maximum absolute atomic E-state index is 12.9. The zero-order chi connectivity index (χ0) is 20.6. The Bertz CT molecular complexity index is 993. The number of carbonyl (C=O) groups excluding carboxylic acids is 1. The lowest BCUT2D eigenvalue weighted by Gasteiger charge is -2.35. The fourth-order valence-electron chi connectivity index (χ4n) is 3.65.